The second-order valence-electron chi connectivity index (χ2n) is 7.52. The van der Waals surface area contributed by atoms with Crippen molar-refractivity contribution in [2.24, 2.45) is 5.92 Å². The molecule has 0 spiro atoms. The maximum Gasteiger partial charge on any atom is 0.158 e. The Kier molecular flexibility index (Phi) is 5.91. The Labute approximate surface area is 175 Å². The van der Waals surface area contributed by atoms with Crippen LogP contribution in [0, 0.1) is 17.2 Å². The molecule has 1 aromatic carbocycles. The minimum atomic E-state index is 0.270. The lowest BCUT2D eigenvalue weighted by Crippen LogP contribution is -2.30. The molecule has 4 rings (SSSR count). The van der Waals surface area contributed by atoms with Crippen LogP contribution in [-0.4, -0.2) is 40.4 Å². The molecule has 154 valence electrons. The van der Waals surface area contributed by atoms with Gasteiger partial charge in [0.05, 0.1) is 25.2 Å². The summed E-state index contributed by atoms with van der Waals surface area (Å²) in [4.78, 5) is 8.15. The van der Waals surface area contributed by atoms with Crippen LogP contribution in [0.4, 0.5) is 11.6 Å². The predicted molar refractivity (Wildman–Crippen MR) is 114 cm³/mol. The molecule has 2 atom stereocenters. The molecule has 3 N–H and O–H groups in total. The zero-order valence-electron chi connectivity index (χ0n) is 17.1. The Morgan fingerprint density at radius 1 is 1.20 bits per heavy atom. The molecule has 1 fully saturated rings. The van der Waals surface area contributed by atoms with E-state index < -0.39 is 0 Å². The van der Waals surface area contributed by atoms with Gasteiger partial charge in [-0.25, -0.2) is 9.97 Å². The van der Waals surface area contributed by atoms with Crippen molar-refractivity contribution in [2.75, 3.05) is 19.5 Å². The van der Waals surface area contributed by atoms with Gasteiger partial charge in [-0.05, 0) is 49.9 Å². The van der Waals surface area contributed by atoms with E-state index in [1.54, 1.807) is 7.11 Å². The van der Waals surface area contributed by atoms with Crippen LogP contribution in [0.25, 0.3) is 11.3 Å². The number of anilines is 2. The summed E-state index contributed by atoms with van der Waals surface area (Å²) in [7, 11) is 3.75. The molecule has 0 aliphatic heterocycles. The van der Waals surface area contributed by atoms with Crippen LogP contribution in [0.5, 0.6) is 5.75 Å². The molecular formula is C22H25N7O. The van der Waals surface area contributed by atoms with Crippen LogP contribution in [0.15, 0.2) is 36.7 Å². The van der Waals surface area contributed by atoms with E-state index in [1.807, 2.05) is 12.1 Å². The average Bonchev–Trinajstić information content (AvgIpc) is 3.43. The van der Waals surface area contributed by atoms with Crippen molar-refractivity contribution in [3.8, 4) is 23.1 Å². The maximum absolute atomic E-state index is 8.82. The normalized spacial score (nSPS) is 18.2. The summed E-state index contributed by atoms with van der Waals surface area (Å²) in [5.41, 5.74) is 3.35. The van der Waals surface area contributed by atoms with Crippen molar-refractivity contribution in [1.82, 2.24) is 25.5 Å². The number of nitrogens with one attached hydrogen (secondary N) is 3. The molecule has 0 bridgehead atoms. The van der Waals surface area contributed by atoms with E-state index in [1.165, 1.54) is 37.2 Å². The summed E-state index contributed by atoms with van der Waals surface area (Å²) in [6, 6.07) is 10.8. The molecule has 0 amide bonds. The second-order valence-corrected chi connectivity index (χ2v) is 7.52. The van der Waals surface area contributed by atoms with Gasteiger partial charge in [-0.3, -0.25) is 5.10 Å². The molecule has 8 nitrogen and oxygen atoms in total. The van der Waals surface area contributed by atoms with E-state index in [4.69, 9.17) is 10.00 Å². The van der Waals surface area contributed by atoms with Gasteiger partial charge in [-0.2, -0.15) is 10.4 Å². The largest absolute Gasteiger partial charge is 0.496 e. The van der Waals surface area contributed by atoms with Gasteiger partial charge in [0.2, 0.25) is 0 Å². The summed E-state index contributed by atoms with van der Waals surface area (Å²) < 4.78 is 5.67. The van der Waals surface area contributed by atoms with Crippen LogP contribution in [-0.2, 0) is 6.42 Å². The summed E-state index contributed by atoms with van der Waals surface area (Å²) in [5, 5.41) is 22.7. The van der Waals surface area contributed by atoms with E-state index in [-0.39, 0.29) is 5.69 Å². The van der Waals surface area contributed by atoms with Gasteiger partial charge in [0, 0.05) is 17.7 Å². The van der Waals surface area contributed by atoms with Gasteiger partial charge in [0.1, 0.15) is 17.6 Å². The minimum Gasteiger partial charge on any atom is -0.496 e. The Balaban J connectivity index is 1.50. The van der Waals surface area contributed by atoms with Crippen molar-refractivity contribution in [3.05, 3.63) is 47.9 Å². The van der Waals surface area contributed by atoms with E-state index in [0.717, 1.165) is 23.4 Å². The molecule has 1 aliphatic carbocycles. The lowest BCUT2D eigenvalue weighted by Gasteiger charge is -2.19. The Morgan fingerprint density at radius 2 is 2.10 bits per heavy atom. The Bertz CT molecular complexity index is 1040. The first-order valence-corrected chi connectivity index (χ1v) is 10.1. The van der Waals surface area contributed by atoms with Crippen molar-refractivity contribution in [3.63, 3.8) is 0 Å². The first-order chi connectivity index (χ1) is 14.7. The van der Waals surface area contributed by atoms with Crippen LogP contribution in [0.3, 0.4) is 0 Å². The number of nitrogens with zero attached hydrogens (tertiary/aromatic N) is 4. The summed E-state index contributed by atoms with van der Waals surface area (Å²) in [5.74, 6) is 2.62. The lowest BCUT2D eigenvalue weighted by molar-refractivity contribution is 0.410. The fraction of sp³-hybridized carbons (Fsp3) is 0.364. The first kappa shape index (κ1) is 19.9. The summed E-state index contributed by atoms with van der Waals surface area (Å²) in [6.07, 6.45) is 7.78. The zero-order chi connectivity index (χ0) is 20.9. The molecule has 1 unspecified atom stereocenters. The molecule has 2 aromatic heterocycles. The third-order valence-electron chi connectivity index (χ3n) is 5.68. The predicted octanol–water partition coefficient (Wildman–Crippen LogP) is 3.42. The summed E-state index contributed by atoms with van der Waals surface area (Å²) >= 11 is 0. The number of rotatable bonds is 7. The molecule has 8 heteroatoms. The number of aromatic nitrogens is 4. The standard InChI is InChI=1S/C22H25N7O/c1-24-18-5-3-4-15(18)8-14-6-7-17(20(9-14)30-2)19-10-21(29-28-19)27-22-13-25-16(11-23)12-26-22/h6-7,9-10,12-13,15,18,24H,3-5,8H2,1-2H3,(H2,26,27,28,29)/t15-,18?/m0/s1. The molecule has 1 saturated carbocycles. The maximum atomic E-state index is 8.82. The van der Waals surface area contributed by atoms with Gasteiger partial charge in [-0.15, -0.1) is 0 Å². The number of hydrogen-bond donors (Lipinski definition) is 3. The van der Waals surface area contributed by atoms with Crippen LogP contribution >= 0.6 is 0 Å². The summed E-state index contributed by atoms with van der Waals surface area (Å²) in [6.45, 7) is 0. The number of aromatic amines is 1. The first-order valence-electron chi connectivity index (χ1n) is 10.1. The SMILES string of the molecule is CNC1CCC[C@H]1Cc1ccc(-c2cc(Nc3cnc(C#N)cn3)n[nH]2)c(OC)c1. The number of ether oxygens (including phenoxy) is 1. The fourth-order valence-corrected chi connectivity index (χ4v) is 4.15. The highest BCUT2D eigenvalue weighted by Crippen LogP contribution is 2.34. The van der Waals surface area contributed by atoms with Gasteiger partial charge in [0.15, 0.2) is 11.5 Å². The average molecular weight is 403 g/mol. The number of methoxy groups -OCH3 is 1. The van der Waals surface area contributed by atoms with E-state index in [9.17, 15) is 0 Å². The topological polar surface area (TPSA) is 112 Å². The van der Waals surface area contributed by atoms with E-state index in [2.05, 4.69) is 56.0 Å². The molecule has 1 aliphatic rings. The third-order valence-corrected chi connectivity index (χ3v) is 5.68. The molecule has 30 heavy (non-hydrogen) atoms. The van der Waals surface area contributed by atoms with Crippen molar-refractivity contribution >= 4 is 11.6 Å². The molecule has 0 radical (unpaired) electrons. The highest BCUT2D eigenvalue weighted by molar-refractivity contribution is 5.71. The van der Waals surface area contributed by atoms with Crippen LogP contribution in [0.1, 0.15) is 30.5 Å². The molecular weight excluding hydrogens is 378 g/mol. The van der Waals surface area contributed by atoms with E-state index in [0.29, 0.717) is 23.6 Å². The quantitative estimate of drug-likeness (QED) is 0.554. The van der Waals surface area contributed by atoms with Gasteiger partial charge in [-0.1, -0.05) is 12.5 Å². The van der Waals surface area contributed by atoms with Crippen molar-refractivity contribution < 1.29 is 4.74 Å². The van der Waals surface area contributed by atoms with Crippen LogP contribution < -0.4 is 15.4 Å². The monoisotopic (exact) mass is 403 g/mol. The van der Waals surface area contributed by atoms with Crippen LogP contribution in [0.2, 0.25) is 0 Å². The number of nitriles is 1. The number of hydrogen-bond acceptors (Lipinski definition) is 7. The zero-order valence-corrected chi connectivity index (χ0v) is 17.1. The smallest absolute Gasteiger partial charge is 0.158 e. The highest BCUT2D eigenvalue weighted by atomic mass is 16.5. The second kappa shape index (κ2) is 8.93. The van der Waals surface area contributed by atoms with Gasteiger partial charge in [0.25, 0.3) is 0 Å². The highest BCUT2D eigenvalue weighted by Gasteiger charge is 2.26. The third kappa shape index (κ3) is 4.26. The van der Waals surface area contributed by atoms with Crippen molar-refractivity contribution in [2.45, 2.75) is 31.7 Å². The molecule has 0 saturated heterocycles. The Morgan fingerprint density at radius 3 is 2.83 bits per heavy atom. The van der Waals surface area contributed by atoms with Crippen molar-refractivity contribution in [1.29, 1.82) is 5.26 Å². The molecule has 2 heterocycles. The van der Waals surface area contributed by atoms with E-state index >= 15 is 0 Å². The molecule has 3 aromatic rings. The Hall–Kier alpha value is -3.44. The fourth-order valence-electron chi connectivity index (χ4n) is 4.15. The number of H-pyrrole nitrogens is 1. The lowest BCUT2D eigenvalue weighted by atomic mass is 9.93. The van der Waals surface area contributed by atoms with Gasteiger partial charge >= 0.3 is 0 Å². The minimum absolute atomic E-state index is 0.270. The number of benzene rings is 1. The van der Waals surface area contributed by atoms with Gasteiger partial charge < -0.3 is 15.4 Å².